The summed E-state index contributed by atoms with van der Waals surface area (Å²) in [6.07, 6.45) is 1.42. The molecular formula is C14H8ClNO3. The Labute approximate surface area is 112 Å². The van der Waals surface area contributed by atoms with Gasteiger partial charge in [0.2, 0.25) is 0 Å². The fourth-order valence-corrected chi connectivity index (χ4v) is 2.26. The molecule has 94 valence electrons. The number of carbonyl (C=O) groups is 1. The second-order valence-corrected chi connectivity index (χ2v) is 4.46. The highest BCUT2D eigenvalue weighted by Crippen LogP contribution is 2.09. The third kappa shape index (κ3) is 1.96. The predicted octanol–water partition coefficient (Wildman–Crippen LogP) is 1.63. The Morgan fingerprint density at radius 2 is 2.00 bits per heavy atom. The zero-order chi connectivity index (χ0) is 13.4. The van der Waals surface area contributed by atoms with Crippen LogP contribution in [0, 0.1) is 10.4 Å². The molecule has 0 atom stereocenters. The van der Waals surface area contributed by atoms with Crippen LogP contribution in [0.15, 0.2) is 41.6 Å². The van der Waals surface area contributed by atoms with Gasteiger partial charge >= 0.3 is 5.97 Å². The first-order valence-electron chi connectivity index (χ1n) is 5.53. The molecule has 1 aliphatic rings. The van der Waals surface area contributed by atoms with Crippen molar-refractivity contribution in [3.05, 3.63) is 68.0 Å². The van der Waals surface area contributed by atoms with E-state index in [0.29, 0.717) is 20.8 Å². The van der Waals surface area contributed by atoms with E-state index in [1.165, 1.54) is 12.3 Å². The molecule has 0 saturated heterocycles. The monoisotopic (exact) mass is 273 g/mol. The van der Waals surface area contributed by atoms with Crippen LogP contribution in [0.3, 0.4) is 0 Å². The first kappa shape index (κ1) is 11.7. The van der Waals surface area contributed by atoms with E-state index in [-0.39, 0.29) is 5.56 Å². The quantitative estimate of drug-likeness (QED) is 0.859. The smallest absolute Gasteiger partial charge is 0.335 e. The van der Waals surface area contributed by atoms with Gasteiger partial charge in [-0.25, -0.2) is 4.79 Å². The summed E-state index contributed by atoms with van der Waals surface area (Å²) >= 11 is 6.11. The lowest BCUT2D eigenvalue weighted by molar-refractivity contribution is 0.0697. The summed E-state index contributed by atoms with van der Waals surface area (Å²) in [5.74, 6) is -1.02. The third-order valence-electron chi connectivity index (χ3n) is 2.89. The van der Waals surface area contributed by atoms with E-state index in [4.69, 9.17) is 21.5 Å². The topological polar surface area (TPSA) is 58.9 Å². The first-order valence-corrected chi connectivity index (χ1v) is 5.91. The Balaban J connectivity index is 2.64. The second-order valence-electron chi connectivity index (χ2n) is 4.06. The minimum absolute atomic E-state index is 0.133. The number of benzene rings is 2. The van der Waals surface area contributed by atoms with Crippen molar-refractivity contribution >= 4 is 23.8 Å². The van der Waals surface area contributed by atoms with Gasteiger partial charge in [-0.3, -0.25) is 0 Å². The summed E-state index contributed by atoms with van der Waals surface area (Å²) in [7, 11) is 0. The van der Waals surface area contributed by atoms with E-state index in [2.05, 4.69) is 5.16 Å². The molecule has 1 heterocycles. The van der Waals surface area contributed by atoms with Gasteiger partial charge in [-0.1, -0.05) is 35.0 Å². The van der Waals surface area contributed by atoms with Gasteiger partial charge in [0, 0.05) is 10.4 Å². The molecule has 0 saturated carbocycles. The minimum atomic E-state index is -1.02. The van der Waals surface area contributed by atoms with Gasteiger partial charge in [-0.05, 0) is 23.4 Å². The van der Waals surface area contributed by atoms with Crippen LogP contribution in [0.25, 0.3) is 6.26 Å². The van der Waals surface area contributed by atoms with E-state index < -0.39 is 5.97 Å². The summed E-state index contributed by atoms with van der Waals surface area (Å²) in [6, 6.07) is 10.3. The molecule has 0 amide bonds. The Morgan fingerprint density at radius 3 is 2.79 bits per heavy atom. The summed E-state index contributed by atoms with van der Waals surface area (Å²) < 4.78 is 0. The van der Waals surface area contributed by atoms with Crippen LogP contribution in [0.1, 0.15) is 10.4 Å². The number of aromatic carboxylic acids is 1. The lowest BCUT2D eigenvalue weighted by Gasteiger charge is -1.98. The van der Waals surface area contributed by atoms with Crippen molar-refractivity contribution in [2.45, 2.75) is 0 Å². The van der Waals surface area contributed by atoms with Crippen LogP contribution in [0.2, 0.25) is 5.02 Å². The number of hydrogen-bond donors (Lipinski definition) is 1. The maximum absolute atomic E-state index is 11.1. The Hall–Kier alpha value is -2.33. The van der Waals surface area contributed by atoms with E-state index in [1.807, 2.05) is 18.2 Å². The van der Waals surface area contributed by atoms with Crippen LogP contribution >= 0.6 is 11.6 Å². The van der Waals surface area contributed by atoms with Crippen molar-refractivity contribution in [1.82, 2.24) is 0 Å². The summed E-state index contributed by atoms with van der Waals surface area (Å²) in [5, 5.41) is 16.1. The predicted molar refractivity (Wildman–Crippen MR) is 68.9 cm³/mol. The first-order chi connectivity index (χ1) is 9.16. The number of fused-ring (bicyclic) bond motifs is 2. The molecule has 19 heavy (non-hydrogen) atoms. The van der Waals surface area contributed by atoms with Gasteiger partial charge < -0.3 is 9.94 Å². The van der Waals surface area contributed by atoms with E-state index >= 15 is 0 Å². The average molecular weight is 274 g/mol. The van der Waals surface area contributed by atoms with Crippen molar-refractivity contribution < 1.29 is 14.7 Å². The van der Waals surface area contributed by atoms with E-state index in [0.717, 1.165) is 5.22 Å². The van der Waals surface area contributed by atoms with Crippen LogP contribution < -0.4 is 10.6 Å². The number of halogens is 1. The number of rotatable bonds is 1. The Morgan fingerprint density at radius 1 is 1.21 bits per heavy atom. The van der Waals surface area contributed by atoms with Gasteiger partial charge in [-0.2, -0.15) is 0 Å². The summed E-state index contributed by atoms with van der Waals surface area (Å²) in [4.78, 5) is 16.2. The fraction of sp³-hybridized carbons (Fsp3) is 0. The molecule has 0 bridgehead atoms. The minimum Gasteiger partial charge on any atom is -0.478 e. The molecule has 0 aliphatic carbocycles. The van der Waals surface area contributed by atoms with Gasteiger partial charge in [0.05, 0.1) is 10.6 Å². The third-order valence-corrected chi connectivity index (χ3v) is 3.21. The molecule has 1 N–H and O–H groups in total. The Kier molecular flexibility index (Phi) is 2.72. The molecule has 0 aromatic heterocycles. The van der Waals surface area contributed by atoms with Crippen LogP contribution in [-0.2, 0) is 4.84 Å². The zero-order valence-electron chi connectivity index (χ0n) is 9.63. The molecule has 0 unspecified atom stereocenters. The van der Waals surface area contributed by atoms with Crippen LogP contribution in [0.5, 0.6) is 0 Å². The van der Waals surface area contributed by atoms with Crippen molar-refractivity contribution in [2.75, 3.05) is 0 Å². The highest BCUT2D eigenvalue weighted by molar-refractivity contribution is 6.31. The van der Waals surface area contributed by atoms with Crippen LogP contribution in [-0.4, -0.2) is 11.1 Å². The van der Waals surface area contributed by atoms with Crippen molar-refractivity contribution in [2.24, 2.45) is 5.16 Å². The van der Waals surface area contributed by atoms with Crippen molar-refractivity contribution in [1.29, 1.82) is 0 Å². The molecule has 0 radical (unpaired) electrons. The SMILES string of the molecule is O=C(O)c1cc(Cl)c2c(c1)=c1ccccc1=NOC=2. The molecule has 4 nitrogen and oxygen atoms in total. The highest BCUT2D eigenvalue weighted by atomic mass is 35.5. The van der Waals surface area contributed by atoms with E-state index in [9.17, 15) is 4.79 Å². The number of carboxylic acids is 1. The molecular weight excluding hydrogens is 266 g/mol. The molecule has 0 spiro atoms. The molecule has 2 aromatic carbocycles. The largest absolute Gasteiger partial charge is 0.478 e. The molecule has 0 fully saturated rings. The molecule has 3 rings (SSSR count). The molecule has 5 heteroatoms. The maximum Gasteiger partial charge on any atom is 0.335 e. The average Bonchev–Trinajstić information content (AvgIpc) is 2.58. The van der Waals surface area contributed by atoms with Crippen molar-refractivity contribution in [3.63, 3.8) is 0 Å². The zero-order valence-corrected chi connectivity index (χ0v) is 10.4. The Bertz CT molecular complexity index is 890. The number of nitrogens with zero attached hydrogens (tertiary/aromatic N) is 1. The number of carboxylic acid groups (broad SMARTS) is 1. The normalized spacial score (nSPS) is 12.1. The van der Waals surface area contributed by atoms with Gasteiger partial charge in [0.25, 0.3) is 0 Å². The maximum atomic E-state index is 11.1. The number of hydrogen-bond acceptors (Lipinski definition) is 3. The lowest BCUT2D eigenvalue weighted by Crippen LogP contribution is -2.11. The van der Waals surface area contributed by atoms with E-state index in [1.54, 1.807) is 12.1 Å². The lowest BCUT2D eigenvalue weighted by atomic mass is 10.1. The molecule has 2 aromatic rings. The summed E-state index contributed by atoms with van der Waals surface area (Å²) in [5.41, 5.74) is 0.133. The highest BCUT2D eigenvalue weighted by Gasteiger charge is 2.08. The van der Waals surface area contributed by atoms with Gasteiger partial charge in [0.15, 0.2) is 0 Å². The second kappa shape index (κ2) is 4.40. The van der Waals surface area contributed by atoms with Crippen LogP contribution in [0.4, 0.5) is 0 Å². The van der Waals surface area contributed by atoms with Crippen molar-refractivity contribution in [3.8, 4) is 0 Å². The summed E-state index contributed by atoms with van der Waals surface area (Å²) in [6.45, 7) is 0. The van der Waals surface area contributed by atoms with Gasteiger partial charge in [0.1, 0.15) is 11.6 Å². The molecule has 1 aliphatic heterocycles. The standard InChI is InChI=1S/C14H8ClNO3/c15-12-6-8(14(17)18)5-10-9-3-1-2-4-13(9)16-19-7-11(10)12/h1-7H,(H,17,18). The fourth-order valence-electron chi connectivity index (χ4n) is 2.00. The van der Waals surface area contributed by atoms with Gasteiger partial charge in [-0.15, -0.1) is 0 Å².